The molecule has 0 aliphatic rings. The molecule has 0 bridgehead atoms. The smallest absolute Gasteiger partial charge is 0.349 e. The molecule has 0 amide bonds. The van der Waals surface area contributed by atoms with Crippen molar-refractivity contribution in [1.82, 2.24) is 4.31 Å². The van der Waals surface area contributed by atoms with E-state index in [1.807, 2.05) is 6.92 Å². The Morgan fingerprint density at radius 2 is 1.92 bits per heavy atom. The molecule has 0 radical (unpaired) electrons. The molecule has 0 saturated heterocycles. The fraction of sp³-hybridized carbons (Fsp3) is 0.353. The molecule has 0 spiro atoms. The molecule has 9 heteroatoms. The topological polar surface area (TPSA) is 82.1 Å². The maximum atomic E-state index is 12.8. The molecule has 1 aromatic heterocycles. The average Bonchev–Trinajstić information content (AvgIpc) is 3.13. The number of esters is 1. The Morgan fingerprint density at radius 1 is 1.19 bits per heavy atom. The Balaban J connectivity index is 2.28. The summed E-state index contributed by atoms with van der Waals surface area (Å²) in [6.07, 6.45) is 0. The number of sulfonamides is 1. The minimum absolute atomic E-state index is 0.0589. The Morgan fingerprint density at radius 3 is 2.54 bits per heavy atom. The Labute approximate surface area is 157 Å². The van der Waals surface area contributed by atoms with Crippen molar-refractivity contribution in [3.05, 3.63) is 40.1 Å². The number of hydrogen-bond donors (Lipinski definition) is 0. The fourth-order valence-electron chi connectivity index (χ4n) is 2.34. The van der Waals surface area contributed by atoms with E-state index >= 15 is 0 Å². The van der Waals surface area contributed by atoms with E-state index in [1.54, 1.807) is 23.6 Å². The minimum atomic E-state index is -3.85. The van der Waals surface area contributed by atoms with E-state index in [-0.39, 0.29) is 16.3 Å². The van der Waals surface area contributed by atoms with Crippen molar-refractivity contribution in [2.45, 2.75) is 18.4 Å². The first-order valence-corrected chi connectivity index (χ1v) is 10.1. The molecule has 0 unspecified atom stereocenters. The van der Waals surface area contributed by atoms with Crippen molar-refractivity contribution < 1.29 is 27.4 Å². The number of ether oxygens (including phenoxy) is 3. The van der Waals surface area contributed by atoms with Gasteiger partial charge >= 0.3 is 5.97 Å². The molecule has 0 N–H and O–H groups in total. The molecule has 1 heterocycles. The highest BCUT2D eigenvalue weighted by molar-refractivity contribution is 7.89. The van der Waals surface area contributed by atoms with Crippen LogP contribution in [0.15, 0.2) is 34.5 Å². The average molecular weight is 399 g/mol. The first kappa shape index (κ1) is 20.2. The van der Waals surface area contributed by atoms with Crippen LogP contribution in [0.4, 0.5) is 0 Å². The van der Waals surface area contributed by atoms with Gasteiger partial charge in [-0.1, -0.05) is 6.07 Å². The van der Waals surface area contributed by atoms with Crippen molar-refractivity contribution in [2.75, 3.05) is 27.9 Å². The van der Waals surface area contributed by atoms with E-state index in [4.69, 9.17) is 9.47 Å². The zero-order valence-corrected chi connectivity index (χ0v) is 16.6. The van der Waals surface area contributed by atoms with Crippen LogP contribution in [-0.4, -0.2) is 46.6 Å². The normalized spacial score (nSPS) is 11.4. The van der Waals surface area contributed by atoms with E-state index in [2.05, 4.69) is 4.74 Å². The van der Waals surface area contributed by atoms with Crippen molar-refractivity contribution in [3.63, 3.8) is 0 Å². The van der Waals surface area contributed by atoms with Crippen LogP contribution in [0.3, 0.4) is 0 Å². The second kappa shape index (κ2) is 8.52. The van der Waals surface area contributed by atoms with E-state index in [0.29, 0.717) is 18.1 Å². The van der Waals surface area contributed by atoms with Crippen LogP contribution < -0.4 is 9.47 Å². The molecule has 0 fully saturated rings. The zero-order chi connectivity index (χ0) is 19.3. The highest BCUT2D eigenvalue weighted by Gasteiger charge is 2.28. The third kappa shape index (κ3) is 4.17. The van der Waals surface area contributed by atoms with Gasteiger partial charge in [0.2, 0.25) is 10.0 Å². The number of nitrogens with zero attached hydrogens (tertiary/aromatic N) is 1. The van der Waals surface area contributed by atoms with Gasteiger partial charge in [0.1, 0.15) is 9.77 Å². The van der Waals surface area contributed by atoms with Gasteiger partial charge in [-0.25, -0.2) is 13.2 Å². The Hall–Kier alpha value is -2.10. The molecule has 2 aromatic rings. The lowest BCUT2D eigenvalue weighted by atomic mass is 10.2. The van der Waals surface area contributed by atoms with Crippen molar-refractivity contribution in [2.24, 2.45) is 0 Å². The van der Waals surface area contributed by atoms with E-state index in [1.165, 1.54) is 31.6 Å². The second-order valence-electron chi connectivity index (χ2n) is 5.28. The van der Waals surface area contributed by atoms with E-state index < -0.39 is 16.0 Å². The van der Waals surface area contributed by atoms with Gasteiger partial charge in [-0.2, -0.15) is 4.31 Å². The van der Waals surface area contributed by atoms with Crippen molar-refractivity contribution >= 4 is 27.3 Å². The number of rotatable bonds is 8. The van der Waals surface area contributed by atoms with Gasteiger partial charge < -0.3 is 14.2 Å². The lowest BCUT2D eigenvalue weighted by molar-refractivity contribution is 0.0602. The Kier molecular flexibility index (Phi) is 6.63. The highest BCUT2D eigenvalue weighted by Crippen LogP contribution is 2.30. The lowest BCUT2D eigenvalue weighted by Crippen LogP contribution is -2.27. The predicted octanol–water partition coefficient (Wildman–Crippen LogP) is 2.76. The summed E-state index contributed by atoms with van der Waals surface area (Å²) >= 11 is 1.03. The molecule has 0 saturated carbocycles. The minimum Gasteiger partial charge on any atom is -0.493 e. The molecule has 0 aliphatic carbocycles. The van der Waals surface area contributed by atoms with E-state index in [0.717, 1.165) is 16.9 Å². The number of thiophene rings is 1. The zero-order valence-electron chi connectivity index (χ0n) is 15.0. The Bertz CT molecular complexity index is 875. The van der Waals surface area contributed by atoms with Crippen LogP contribution in [-0.2, 0) is 21.3 Å². The summed E-state index contributed by atoms with van der Waals surface area (Å²) in [6.45, 7) is 2.48. The summed E-state index contributed by atoms with van der Waals surface area (Å²) in [5.74, 6) is 0.450. The maximum absolute atomic E-state index is 12.8. The van der Waals surface area contributed by atoms with Gasteiger partial charge in [0.05, 0.1) is 20.8 Å². The van der Waals surface area contributed by atoms with Gasteiger partial charge in [0.15, 0.2) is 11.5 Å². The number of carbonyl (C=O) groups is 1. The summed E-state index contributed by atoms with van der Waals surface area (Å²) in [7, 11) is 0.347. The van der Waals surface area contributed by atoms with Crippen molar-refractivity contribution in [1.29, 1.82) is 0 Å². The summed E-state index contributed by atoms with van der Waals surface area (Å²) in [5, 5.41) is 1.55. The summed E-state index contributed by atoms with van der Waals surface area (Å²) in [6, 6.07) is 6.64. The predicted molar refractivity (Wildman–Crippen MR) is 98.5 cm³/mol. The SMILES string of the molecule is CCOc1ccc(CN(C)S(=O)(=O)c2ccsc2C(=O)OC)cc1OC. The number of carbonyl (C=O) groups excluding carboxylic acids is 1. The van der Waals surface area contributed by atoms with Crippen LogP contribution in [0.5, 0.6) is 11.5 Å². The molecule has 26 heavy (non-hydrogen) atoms. The molecule has 1 aromatic carbocycles. The van der Waals surface area contributed by atoms with Crippen molar-refractivity contribution in [3.8, 4) is 11.5 Å². The van der Waals surface area contributed by atoms with Crippen LogP contribution in [0.2, 0.25) is 0 Å². The molecule has 7 nitrogen and oxygen atoms in total. The van der Waals surface area contributed by atoms with Gasteiger partial charge in [-0.15, -0.1) is 11.3 Å². The third-order valence-corrected chi connectivity index (χ3v) is 6.49. The monoisotopic (exact) mass is 399 g/mol. The molecule has 142 valence electrons. The fourth-order valence-corrected chi connectivity index (χ4v) is 4.80. The second-order valence-corrected chi connectivity index (χ2v) is 8.21. The molecule has 2 rings (SSSR count). The lowest BCUT2D eigenvalue weighted by Gasteiger charge is -2.18. The molecule has 0 aliphatic heterocycles. The largest absolute Gasteiger partial charge is 0.493 e. The quantitative estimate of drug-likeness (QED) is 0.635. The van der Waals surface area contributed by atoms with Crippen LogP contribution >= 0.6 is 11.3 Å². The van der Waals surface area contributed by atoms with Crippen LogP contribution in [0, 0.1) is 0 Å². The van der Waals surface area contributed by atoms with Gasteiger partial charge in [-0.05, 0) is 36.1 Å². The maximum Gasteiger partial charge on any atom is 0.349 e. The van der Waals surface area contributed by atoms with Crippen LogP contribution in [0.1, 0.15) is 22.2 Å². The molecular formula is C17H21NO6S2. The summed E-state index contributed by atoms with van der Waals surface area (Å²) in [4.78, 5) is 11.8. The molecular weight excluding hydrogens is 378 g/mol. The molecule has 0 atom stereocenters. The first-order chi connectivity index (χ1) is 12.3. The highest BCUT2D eigenvalue weighted by atomic mass is 32.2. The van der Waals surface area contributed by atoms with Gasteiger partial charge in [-0.3, -0.25) is 0 Å². The van der Waals surface area contributed by atoms with Crippen LogP contribution in [0.25, 0.3) is 0 Å². The third-order valence-electron chi connectivity index (χ3n) is 3.62. The van der Waals surface area contributed by atoms with Gasteiger partial charge in [0.25, 0.3) is 0 Å². The number of hydrogen-bond acceptors (Lipinski definition) is 7. The summed E-state index contributed by atoms with van der Waals surface area (Å²) in [5.41, 5.74) is 0.728. The number of methoxy groups -OCH3 is 2. The van der Waals surface area contributed by atoms with Gasteiger partial charge in [0, 0.05) is 13.6 Å². The first-order valence-electron chi connectivity index (χ1n) is 7.77. The standard InChI is InChI=1S/C17H21NO6S2/c1-5-24-13-7-6-12(10-14(13)22-3)11-18(2)26(20,21)15-8-9-25-16(15)17(19)23-4/h6-10H,5,11H2,1-4H3. The van der Waals surface area contributed by atoms with E-state index in [9.17, 15) is 13.2 Å². The summed E-state index contributed by atoms with van der Waals surface area (Å²) < 4.78 is 42.2. The number of benzene rings is 1.